The third kappa shape index (κ3) is 2.88. The number of hydrogen-bond donors (Lipinski definition) is 0. The van der Waals surface area contributed by atoms with Crippen LogP contribution in [0.15, 0.2) is 29.8 Å². The van der Waals surface area contributed by atoms with E-state index in [-0.39, 0.29) is 5.38 Å². The molecule has 0 radical (unpaired) electrons. The average Bonchev–Trinajstić information content (AvgIpc) is 2.80. The monoisotopic (exact) mass is 265 g/mol. The highest BCUT2D eigenvalue weighted by atomic mass is 35.5. The number of nitrogens with zero attached hydrogens (tertiary/aromatic N) is 1. The molecule has 0 fully saturated rings. The summed E-state index contributed by atoms with van der Waals surface area (Å²) in [6.45, 7) is 4.25. The molecule has 0 aliphatic rings. The van der Waals surface area contributed by atoms with E-state index >= 15 is 0 Å². The fraction of sp³-hybridized carbons (Fsp3) is 0.357. The zero-order valence-corrected chi connectivity index (χ0v) is 11.7. The molecule has 1 atom stereocenters. The van der Waals surface area contributed by atoms with Crippen molar-refractivity contribution in [1.82, 2.24) is 4.98 Å². The summed E-state index contributed by atoms with van der Waals surface area (Å²) < 4.78 is 0. The van der Waals surface area contributed by atoms with E-state index in [0.717, 1.165) is 18.5 Å². The van der Waals surface area contributed by atoms with E-state index in [1.807, 2.05) is 12.3 Å². The second kappa shape index (κ2) is 5.65. The van der Waals surface area contributed by atoms with E-state index in [2.05, 4.69) is 36.3 Å². The van der Waals surface area contributed by atoms with Gasteiger partial charge in [0.1, 0.15) is 0 Å². The number of aromatic nitrogens is 1. The first-order chi connectivity index (χ1) is 8.22. The molecule has 0 amide bonds. The average molecular weight is 266 g/mol. The van der Waals surface area contributed by atoms with Crippen molar-refractivity contribution in [2.45, 2.75) is 32.1 Å². The molecule has 2 aromatic rings. The van der Waals surface area contributed by atoms with Crippen LogP contribution < -0.4 is 0 Å². The minimum Gasteiger partial charge on any atom is -0.261 e. The van der Waals surface area contributed by atoms with Crippen LogP contribution in [0.2, 0.25) is 0 Å². The van der Waals surface area contributed by atoms with Gasteiger partial charge in [0.05, 0.1) is 5.38 Å². The van der Waals surface area contributed by atoms with Crippen LogP contribution in [0.4, 0.5) is 0 Å². The molecule has 0 spiro atoms. The van der Waals surface area contributed by atoms with E-state index in [4.69, 9.17) is 11.6 Å². The normalized spacial score (nSPS) is 12.6. The van der Waals surface area contributed by atoms with Crippen LogP contribution in [0.25, 0.3) is 0 Å². The van der Waals surface area contributed by atoms with E-state index < -0.39 is 0 Å². The van der Waals surface area contributed by atoms with Crippen LogP contribution in [-0.4, -0.2) is 4.98 Å². The molecule has 3 heteroatoms. The number of rotatable bonds is 4. The second-order valence-electron chi connectivity index (χ2n) is 4.10. The highest BCUT2D eigenvalue weighted by molar-refractivity contribution is 7.10. The molecule has 0 aromatic carbocycles. The van der Waals surface area contributed by atoms with Crippen molar-refractivity contribution in [3.05, 3.63) is 51.5 Å². The van der Waals surface area contributed by atoms with Crippen LogP contribution in [0.3, 0.4) is 0 Å². The predicted octanol–water partition coefficient (Wildman–Crippen LogP) is 4.54. The third-order valence-corrected chi connectivity index (χ3v) is 4.51. The minimum atomic E-state index is 0.0403. The summed E-state index contributed by atoms with van der Waals surface area (Å²) in [5.41, 5.74) is 3.68. The lowest BCUT2D eigenvalue weighted by Crippen LogP contribution is -2.00. The zero-order valence-electron chi connectivity index (χ0n) is 10.1. The molecule has 90 valence electrons. The number of aryl methyl sites for hydroxylation is 2. The summed E-state index contributed by atoms with van der Waals surface area (Å²) in [5.74, 6) is 0. The maximum absolute atomic E-state index is 6.51. The van der Waals surface area contributed by atoms with Gasteiger partial charge < -0.3 is 0 Å². The Bertz CT molecular complexity index is 492. The van der Waals surface area contributed by atoms with Crippen LogP contribution in [0, 0.1) is 6.92 Å². The molecular weight excluding hydrogens is 250 g/mol. The van der Waals surface area contributed by atoms with Crippen LogP contribution >= 0.6 is 22.9 Å². The smallest absolute Gasteiger partial charge is 0.0736 e. The largest absolute Gasteiger partial charge is 0.261 e. The molecule has 17 heavy (non-hydrogen) atoms. The molecule has 0 aliphatic heterocycles. The van der Waals surface area contributed by atoms with Gasteiger partial charge >= 0.3 is 0 Å². The van der Waals surface area contributed by atoms with Gasteiger partial charge in [-0.3, -0.25) is 4.98 Å². The Morgan fingerprint density at radius 3 is 2.94 bits per heavy atom. The molecule has 2 rings (SSSR count). The van der Waals surface area contributed by atoms with Crippen LogP contribution in [-0.2, 0) is 12.8 Å². The Balaban J connectivity index is 2.17. The van der Waals surface area contributed by atoms with E-state index in [1.54, 1.807) is 11.3 Å². The SMILES string of the molecule is CCc1ccsc1C(Cl)Cc1ncccc1C. The van der Waals surface area contributed by atoms with Gasteiger partial charge in [-0.25, -0.2) is 0 Å². The first kappa shape index (κ1) is 12.6. The van der Waals surface area contributed by atoms with Crippen molar-refractivity contribution in [3.63, 3.8) is 0 Å². The lowest BCUT2D eigenvalue weighted by Gasteiger charge is -2.11. The van der Waals surface area contributed by atoms with Crippen molar-refractivity contribution >= 4 is 22.9 Å². The van der Waals surface area contributed by atoms with Gasteiger partial charge in [0.15, 0.2) is 0 Å². The Hall–Kier alpha value is -0.860. The summed E-state index contributed by atoms with van der Waals surface area (Å²) in [6, 6.07) is 6.21. The van der Waals surface area contributed by atoms with Gasteiger partial charge in [-0.05, 0) is 42.0 Å². The summed E-state index contributed by atoms with van der Waals surface area (Å²) >= 11 is 8.26. The van der Waals surface area contributed by atoms with Crippen molar-refractivity contribution in [1.29, 1.82) is 0 Å². The molecule has 2 aromatic heterocycles. The van der Waals surface area contributed by atoms with Gasteiger partial charge in [0.2, 0.25) is 0 Å². The van der Waals surface area contributed by atoms with Crippen LogP contribution in [0.5, 0.6) is 0 Å². The summed E-state index contributed by atoms with van der Waals surface area (Å²) in [7, 11) is 0. The van der Waals surface area contributed by atoms with Crippen molar-refractivity contribution in [2.75, 3.05) is 0 Å². The molecule has 0 N–H and O–H groups in total. The second-order valence-corrected chi connectivity index (χ2v) is 5.58. The number of alkyl halides is 1. The summed E-state index contributed by atoms with van der Waals surface area (Å²) in [4.78, 5) is 5.69. The van der Waals surface area contributed by atoms with Crippen molar-refractivity contribution in [2.24, 2.45) is 0 Å². The zero-order chi connectivity index (χ0) is 12.3. The van der Waals surface area contributed by atoms with Gasteiger partial charge in [-0.1, -0.05) is 13.0 Å². The standard InChI is InChI=1S/C14H16ClNS/c1-3-11-6-8-17-14(11)12(15)9-13-10(2)5-4-7-16-13/h4-8,12H,3,9H2,1-2H3. The summed E-state index contributed by atoms with van der Waals surface area (Å²) in [5, 5.41) is 2.16. The topological polar surface area (TPSA) is 12.9 Å². The molecule has 0 saturated carbocycles. The Morgan fingerprint density at radius 1 is 1.41 bits per heavy atom. The van der Waals surface area contributed by atoms with Crippen molar-refractivity contribution < 1.29 is 0 Å². The van der Waals surface area contributed by atoms with E-state index in [0.29, 0.717) is 0 Å². The number of hydrogen-bond acceptors (Lipinski definition) is 2. The van der Waals surface area contributed by atoms with E-state index in [1.165, 1.54) is 16.0 Å². The fourth-order valence-electron chi connectivity index (χ4n) is 1.91. The molecule has 0 bridgehead atoms. The highest BCUT2D eigenvalue weighted by Gasteiger charge is 2.15. The maximum atomic E-state index is 6.51. The highest BCUT2D eigenvalue weighted by Crippen LogP contribution is 2.32. The molecule has 2 heterocycles. The first-order valence-electron chi connectivity index (χ1n) is 5.83. The van der Waals surface area contributed by atoms with Gasteiger partial charge in [-0.2, -0.15) is 0 Å². The quantitative estimate of drug-likeness (QED) is 0.740. The maximum Gasteiger partial charge on any atom is 0.0736 e. The predicted molar refractivity (Wildman–Crippen MR) is 75.0 cm³/mol. The Labute approximate surface area is 111 Å². The third-order valence-electron chi connectivity index (χ3n) is 2.94. The van der Waals surface area contributed by atoms with Crippen molar-refractivity contribution in [3.8, 4) is 0 Å². The lowest BCUT2D eigenvalue weighted by atomic mass is 10.1. The van der Waals surface area contributed by atoms with Crippen LogP contribution in [0.1, 0.15) is 34.0 Å². The van der Waals surface area contributed by atoms with E-state index in [9.17, 15) is 0 Å². The lowest BCUT2D eigenvalue weighted by molar-refractivity contribution is 0.871. The number of halogens is 1. The molecule has 0 aliphatic carbocycles. The Morgan fingerprint density at radius 2 is 2.24 bits per heavy atom. The minimum absolute atomic E-state index is 0.0403. The summed E-state index contributed by atoms with van der Waals surface area (Å²) in [6.07, 6.45) is 3.69. The van der Waals surface area contributed by atoms with Gasteiger partial charge in [-0.15, -0.1) is 22.9 Å². The molecular formula is C14H16ClNS. The van der Waals surface area contributed by atoms with Gasteiger partial charge in [0, 0.05) is 23.2 Å². The fourth-order valence-corrected chi connectivity index (χ4v) is 3.32. The number of pyridine rings is 1. The molecule has 1 nitrogen and oxygen atoms in total. The van der Waals surface area contributed by atoms with Gasteiger partial charge in [0.25, 0.3) is 0 Å². The Kier molecular flexibility index (Phi) is 4.19. The molecule has 0 saturated heterocycles. The molecule has 1 unspecified atom stereocenters. The first-order valence-corrected chi connectivity index (χ1v) is 7.14. The number of thiophene rings is 1.